The first-order chi connectivity index (χ1) is 15.8. The van der Waals surface area contributed by atoms with Crippen molar-refractivity contribution in [2.75, 3.05) is 10.8 Å². The highest BCUT2D eigenvalue weighted by Crippen LogP contribution is 2.32. The number of sulfonamides is 1. The van der Waals surface area contributed by atoms with Gasteiger partial charge in [0.05, 0.1) is 20.8 Å². The summed E-state index contributed by atoms with van der Waals surface area (Å²) in [6.45, 7) is 4.54. The van der Waals surface area contributed by atoms with E-state index in [0.717, 1.165) is 21.5 Å². The molecule has 0 saturated carbocycles. The van der Waals surface area contributed by atoms with Crippen molar-refractivity contribution >= 4 is 43.2 Å². The van der Waals surface area contributed by atoms with Crippen LogP contribution in [0.2, 0.25) is 0 Å². The van der Waals surface area contributed by atoms with Gasteiger partial charge in [-0.3, -0.25) is 9.10 Å². The number of aromatic nitrogens is 1. The summed E-state index contributed by atoms with van der Waals surface area (Å²) in [5, 5.41) is 0. The Kier molecular flexibility index (Phi) is 5.22. The molecule has 0 saturated heterocycles. The molecule has 4 aromatic rings. The molecular weight excluding hydrogens is 454 g/mol. The van der Waals surface area contributed by atoms with Gasteiger partial charge in [0.15, 0.2) is 4.80 Å². The molecule has 168 valence electrons. The van der Waals surface area contributed by atoms with Gasteiger partial charge in [0.2, 0.25) is 0 Å². The van der Waals surface area contributed by atoms with E-state index in [9.17, 15) is 13.2 Å². The minimum atomic E-state index is -3.70. The fraction of sp³-hybridized carbons (Fsp3) is 0.200. The molecule has 0 bridgehead atoms. The molecule has 5 rings (SSSR count). The van der Waals surface area contributed by atoms with Crippen LogP contribution in [-0.2, 0) is 23.5 Å². The second kappa shape index (κ2) is 7.97. The lowest BCUT2D eigenvalue weighted by molar-refractivity contribution is 0.0998. The Morgan fingerprint density at radius 1 is 1.00 bits per heavy atom. The van der Waals surface area contributed by atoms with E-state index in [1.54, 1.807) is 0 Å². The number of hydrogen-bond donors (Lipinski definition) is 0. The topological polar surface area (TPSA) is 71.7 Å². The van der Waals surface area contributed by atoms with Crippen LogP contribution in [0.3, 0.4) is 0 Å². The lowest BCUT2D eigenvalue weighted by atomic mass is 10.1. The molecule has 33 heavy (non-hydrogen) atoms. The number of thiazole rings is 1. The largest absolute Gasteiger partial charge is 0.319 e. The Balaban J connectivity index is 1.45. The third-order valence-corrected chi connectivity index (χ3v) is 9.08. The highest BCUT2D eigenvalue weighted by molar-refractivity contribution is 7.92. The zero-order valence-electron chi connectivity index (χ0n) is 18.6. The van der Waals surface area contributed by atoms with Gasteiger partial charge in [0.25, 0.3) is 15.9 Å². The van der Waals surface area contributed by atoms with Crippen LogP contribution < -0.4 is 9.11 Å². The summed E-state index contributed by atoms with van der Waals surface area (Å²) in [5.74, 6) is -0.402. The molecule has 6 nitrogen and oxygen atoms in total. The van der Waals surface area contributed by atoms with E-state index in [4.69, 9.17) is 0 Å². The first kappa shape index (κ1) is 21.6. The Hall–Kier alpha value is -3.23. The van der Waals surface area contributed by atoms with E-state index in [0.29, 0.717) is 23.3 Å². The molecule has 1 aliphatic rings. The maximum absolute atomic E-state index is 13.2. The summed E-state index contributed by atoms with van der Waals surface area (Å²) < 4.78 is 30.8. The van der Waals surface area contributed by atoms with Crippen LogP contribution in [0.25, 0.3) is 10.2 Å². The summed E-state index contributed by atoms with van der Waals surface area (Å²) in [5.41, 5.74) is 5.50. The van der Waals surface area contributed by atoms with Crippen molar-refractivity contribution < 1.29 is 13.2 Å². The van der Waals surface area contributed by atoms with Gasteiger partial charge in [-0.1, -0.05) is 29.5 Å². The molecular formula is C25H23N3O3S2. The van der Waals surface area contributed by atoms with Crippen molar-refractivity contribution in [2.24, 2.45) is 12.0 Å². The lowest BCUT2D eigenvalue weighted by Crippen LogP contribution is -2.29. The van der Waals surface area contributed by atoms with E-state index in [1.807, 2.05) is 35.9 Å². The Labute approximate surface area is 196 Å². The van der Waals surface area contributed by atoms with Crippen LogP contribution >= 0.6 is 11.3 Å². The zero-order valence-corrected chi connectivity index (χ0v) is 20.2. The van der Waals surface area contributed by atoms with Crippen LogP contribution in [0.5, 0.6) is 0 Å². The second-order valence-electron chi connectivity index (χ2n) is 8.25. The van der Waals surface area contributed by atoms with Gasteiger partial charge in [-0.2, -0.15) is 4.99 Å². The molecule has 0 radical (unpaired) electrons. The SMILES string of the molecule is Cc1cc2sc(=NC(=O)c3ccc(S(=O)(=O)N4CCc5ccccc54)cc3)n(C)c2cc1C. The Bertz CT molecular complexity index is 1580. The average Bonchev–Trinajstić information content (AvgIpc) is 3.36. The zero-order chi connectivity index (χ0) is 23.3. The maximum Gasteiger partial charge on any atom is 0.279 e. The number of carbonyl (C=O) groups excluding carboxylic acids is 1. The van der Waals surface area contributed by atoms with Crippen molar-refractivity contribution in [2.45, 2.75) is 25.2 Å². The summed E-state index contributed by atoms with van der Waals surface area (Å²) in [6, 6.07) is 17.8. The molecule has 2 heterocycles. The number of rotatable bonds is 3. The second-order valence-corrected chi connectivity index (χ2v) is 11.1. The number of para-hydroxylation sites is 1. The molecule has 1 amide bonds. The molecule has 0 unspecified atom stereocenters. The summed E-state index contributed by atoms with van der Waals surface area (Å²) in [4.78, 5) is 17.9. The monoisotopic (exact) mass is 477 g/mol. The third kappa shape index (κ3) is 3.69. The molecule has 0 N–H and O–H groups in total. The van der Waals surface area contributed by atoms with Crippen molar-refractivity contribution in [1.82, 2.24) is 4.57 Å². The van der Waals surface area contributed by atoms with Crippen molar-refractivity contribution in [3.8, 4) is 0 Å². The van der Waals surface area contributed by atoms with E-state index >= 15 is 0 Å². The smallest absolute Gasteiger partial charge is 0.279 e. The average molecular weight is 478 g/mol. The van der Waals surface area contributed by atoms with E-state index in [2.05, 4.69) is 31.0 Å². The first-order valence-electron chi connectivity index (χ1n) is 10.6. The fourth-order valence-electron chi connectivity index (χ4n) is 4.09. The van der Waals surface area contributed by atoms with E-state index < -0.39 is 15.9 Å². The van der Waals surface area contributed by atoms with Gasteiger partial charge < -0.3 is 4.57 Å². The van der Waals surface area contributed by atoms with Gasteiger partial charge in [-0.25, -0.2) is 8.42 Å². The molecule has 0 fully saturated rings. The number of fused-ring (bicyclic) bond motifs is 2. The molecule has 1 aliphatic heterocycles. The number of aryl methyl sites for hydroxylation is 3. The van der Waals surface area contributed by atoms with Gasteiger partial charge in [-0.05, 0) is 79.4 Å². The number of hydrogen-bond acceptors (Lipinski definition) is 4. The molecule has 3 aromatic carbocycles. The molecule has 0 aliphatic carbocycles. The van der Waals surface area contributed by atoms with Crippen molar-refractivity contribution in [3.63, 3.8) is 0 Å². The third-order valence-electron chi connectivity index (χ3n) is 6.16. The standard InChI is InChI=1S/C25H23N3O3S2/c1-16-14-22-23(15-17(16)2)32-25(27(22)3)26-24(29)19-8-10-20(11-9-19)33(30,31)28-13-12-18-6-4-5-7-21(18)28/h4-11,14-15H,12-13H2,1-3H3. The van der Waals surface area contributed by atoms with Crippen molar-refractivity contribution in [1.29, 1.82) is 0 Å². The maximum atomic E-state index is 13.2. The summed E-state index contributed by atoms with van der Waals surface area (Å²) >= 11 is 1.46. The minimum Gasteiger partial charge on any atom is -0.319 e. The predicted molar refractivity (Wildman–Crippen MR) is 131 cm³/mol. The number of nitrogens with zero attached hydrogens (tertiary/aromatic N) is 3. The van der Waals surface area contributed by atoms with Crippen LogP contribution in [0.15, 0.2) is 70.6 Å². The number of benzene rings is 3. The first-order valence-corrected chi connectivity index (χ1v) is 12.9. The van der Waals surface area contributed by atoms with Crippen LogP contribution in [0.4, 0.5) is 5.69 Å². The number of carbonyl (C=O) groups is 1. The van der Waals surface area contributed by atoms with Gasteiger partial charge in [0.1, 0.15) is 0 Å². The lowest BCUT2D eigenvalue weighted by Gasteiger charge is -2.19. The predicted octanol–water partition coefficient (Wildman–Crippen LogP) is 4.35. The highest BCUT2D eigenvalue weighted by Gasteiger charge is 2.30. The van der Waals surface area contributed by atoms with E-state index in [1.165, 1.54) is 51.0 Å². The van der Waals surface area contributed by atoms with Crippen LogP contribution in [0, 0.1) is 13.8 Å². The van der Waals surface area contributed by atoms with Crippen LogP contribution in [-0.4, -0.2) is 25.4 Å². The molecule has 8 heteroatoms. The highest BCUT2D eigenvalue weighted by atomic mass is 32.2. The van der Waals surface area contributed by atoms with Gasteiger partial charge in [0, 0.05) is 19.2 Å². The van der Waals surface area contributed by atoms with Gasteiger partial charge in [-0.15, -0.1) is 0 Å². The number of anilines is 1. The quantitative estimate of drug-likeness (QED) is 0.440. The molecule has 0 atom stereocenters. The fourth-order valence-corrected chi connectivity index (χ4v) is 6.69. The minimum absolute atomic E-state index is 0.161. The van der Waals surface area contributed by atoms with Gasteiger partial charge >= 0.3 is 0 Å². The normalized spacial score (nSPS) is 14.2. The molecule has 0 spiro atoms. The number of amides is 1. The Morgan fingerprint density at radius 3 is 2.45 bits per heavy atom. The summed E-state index contributed by atoms with van der Waals surface area (Å²) in [6.07, 6.45) is 0.691. The molecule has 1 aromatic heterocycles. The van der Waals surface area contributed by atoms with Crippen LogP contribution in [0.1, 0.15) is 27.0 Å². The Morgan fingerprint density at radius 2 is 1.70 bits per heavy atom. The van der Waals surface area contributed by atoms with Crippen molar-refractivity contribution in [3.05, 3.63) is 87.7 Å². The summed E-state index contributed by atoms with van der Waals surface area (Å²) in [7, 11) is -1.80. The van der Waals surface area contributed by atoms with E-state index in [-0.39, 0.29) is 4.90 Å².